The summed E-state index contributed by atoms with van der Waals surface area (Å²) < 4.78 is 12.2. The summed E-state index contributed by atoms with van der Waals surface area (Å²) in [6.07, 6.45) is 1.75. The molecule has 7 nitrogen and oxygen atoms in total. The fourth-order valence-corrected chi connectivity index (χ4v) is 9.92. The molecule has 0 unspecified atom stereocenters. The maximum Gasteiger partial charge on any atom is 0.417 e. The van der Waals surface area contributed by atoms with Crippen molar-refractivity contribution in [1.82, 2.24) is 14.9 Å². The molecule has 0 N–H and O–H groups in total. The molecule has 162 valence electrons. The molecular formula is C21H35N3O4Si. The van der Waals surface area contributed by atoms with Gasteiger partial charge in [-0.05, 0) is 43.5 Å². The number of hydrogen-bond acceptors (Lipinski definition) is 6. The summed E-state index contributed by atoms with van der Waals surface area (Å²) >= 11 is 0. The summed E-state index contributed by atoms with van der Waals surface area (Å²) in [6.45, 7) is 18.3. The van der Waals surface area contributed by atoms with Crippen LogP contribution in [-0.2, 0) is 14.0 Å². The van der Waals surface area contributed by atoms with Crippen LogP contribution in [0.1, 0.15) is 74.2 Å². The van der Waals surface area contributed by atoms with E-state index in [9.17, 15) is 9.59 Å². The molecule has 0 aromatic carbocycles. The van der Waals surface area contributed by atoms with Crippen molar-refractivity contribution in [1.29, 1.82) is 0 Å². The maximum absolute atomic E-state index is 13.1. The van der Waals surface area contributed by atoms with Crippen LogP contribution in [0.4, 0.5) is 4.79 Å². The second-order valence-corrected chi connectivity index (χ2v) is 15.0. The zero-order valence-electron chi connectivity index (χ0n) is 19.1. The molecule has 1 saturated heterocycles. The number of carbonyl (C=O) groups is 2. The van der Waals surface area contributed by atoms with Crippen LogP contribution in [-0.4, -0.2) is 46.9 Å². The summed E-state index contributed by atoms with van der Waals surface area (Å²) in [5.74, 6) is 0.0117. The van der Waals surface area contributed by atoms with Crippen molar-refractivity contribution in [2.75, 3.05) is 0 Å². The van der Waals surface area contributed by atoms with Gasteiger partial charge >= 0.3 is 6.09 Å². The molecule has 2 rings (SSSR count). The Morgan fingerprint density at radius 1 is 1.03 bits per heavy atom. The van der Waals surface area contributed by atoms with Crippen LogP contribution < -0.4 is 0 Å². The Morgan fingerprint density at radius 2 is 1.52 bits per heavy atom. The molecule has 29 heavy (non-hydrogen) atoms. The van der Waals surface area contributed by atoms with Crippen LogP contribution in [0, 0.1) is 0 Å². The molecule has 0 spiro atoms. The topological polar surface area (TPSA) is 81.6 Å². The molecule has 0 radical (unpaired) electrons. The highest BCUT2D eigenvalue weighted by Gasteiger charge is 2.59. The molecule has 8 heteroatoms. The number of β-lactam (4-membered cyclic amide) rings is 1. The third-order valence-electron chi connectivity index (χ3n) is 5.52. The van der Waals surface area contributed by atoms with Gasteiger partial charge in [-0.2, -0.15) is 0 Å². The summed E-state index contributed by atoms with van der Waals surface area (Å²) in [4.78, 5) is 35.5. The van der Waals surface area contributed by atoms with E-state index in [2.05, 4.69) is 51.5 Å². The van der Waals surface area contributed by atoms with Gasteiger partial charge in [-0.25, -0.2) is 19.7 Å². The average molecular weight is 422 g/mol. The number of imide groups is 1. The molecule has 1 aromatic heterocycles. The first kappa shape index (κ1) is 23.5. The number of nitrogens with zero attached hydrogens (tertiary/aromatic N) is 3. The Morgan fingerprint density at radius 3 is 1.93 bits per heavy atom. The summed E-state index contributed by atoms with van der Waals surface area (Å²) in [6, 6.07) is 1.02. The van der Waals surface area contributed by atoms with E-state index >= 15 is 0 Å². The van der Waals surface area contributed by atoms with Gasteiger partial charge < -0.3 is 9.16 Å². The van der Waals surface area contributed by atoms with Gasteiger partial charge in [0.25, 0.3) is 5.91 Å². The van der Waals surface area contributed by atoms with Crippen LogP contribution in [0.3, 0.4) is 0 Å². The van der Waals surface area contributed by atoms with E-state index < -0.39 is 32.2 Å². The SMILES string of the molecule is CC(C)[Si](O[C@H]1C(=O)N(C(=O)OC(C)(C)C)[C@H]1c1ncccn1)(C(C)C)C(C)C. The Balaban J connectivity index is 2.43. The first-order chi connectivity index (χ1) is 13.3. The van der Waals surface area contributed by atoms with Crippen LogP contribution in [0.15, 0.2) is 18.5 Å². The van der Waals surface area contributed by atoms with Crippen molar-refractivity contribution in [3.05, 3.63) is 24.3 Å². The number of ether oxygens (including phenoxy) is 1. The third kappa shape index (κ3) is 4.53. The Kier molecular flexibility index (Phi) is 6.89. The first-order valence-corrected chi connectivity index (χ1v) is 12.5. The van der Waals surface area contributed by atoms with E-state index in [1.54, 1.807) is 39.2 Å². The van der Waals surface area contributed by atoms with Crippen LogP contribution in [0.25, 0.3) is 0 Å². The highest BCUT2D eigenvalue weighted by molar-refractivity contribution is 6.77. The lowest BCUT2D eigenvalue weighted by Gasteiger charge is -2.51. The van der Waals surface area contributed by atoms with E-state index in [1.807, 2.05) is 0 Å². The van der Waals surface area contributed by atoms with Gasteiger partial charge in [0.05, 0.1) is 0 Å². The Labute approximate surface area is 175 Å². The molecule has 2 atom stereocenters. The number of rotatable bonds is 6. The summed E-state index contributed by atoms with van der Waals surface area (Å²) in [5.41, 5.74) is 0.215. The van der Waals surface area contributed by atoms with Crippen molar-refractivity contribution < 1.29 is 18.8 Å². The van der Waals surface area contributed by atoms with Crippen LogP contribution in [0.5, 0.6) is 0 Å². The van der Waals surface area contributed by atoms with Crippen LogP contribution in [0.2, 0.25) is 16.6 Å². The lowest BCUT2D eigenvalue weighted by atomic mass is 9.98. The minimum Gasteiger partial charge on any atom is -0.443 e. The molecule has 1 aromatic rings. The molecule has 2 heterocycles. The minimum absolute atomic E-state index is 0.309. The molecule has 2 amide bonds. The number of aromatic nitrogens is 2. The zero-order valence-corrected chi connectivity index (χ0v) is 20.1. The molecule has 0 aliphatic carbocycles. The lowest BCUT2D eigenvalue weighted by Crippen LogP contribution is -2.67. The lowest BCUT2D eigenvalue weighted by molar-refractivity contribution is -0.163. The molecule has 1 aliphatic heterocycles. The van der Waals surface area contributed by atoms with E-state index in [4.69, 9.17) is 9.16 Å². The zero-order chi connectivity index (χ0) is 22.1. The first-order valence-electron chi connectivity index (χ1n) is 10.3. The Hall–Kier alpha value is -1.80. The standard InChI is InChI=1S/C21H35N3O4Si/c1-13(2)29(14(3)4,15(5)6)28-17-16(18-22-11-10-12-23-18)24(19(17)25)20(26)27-21(7,8)9/h10-17H,1-9H3/t16-,17-/m1/s1. The molecule has 0 saturated carbocycles. The van der Waals surface area contributed by atoms with E-state index in [1.165, 1.54) is 0 Å². The predicted octanol–water partition coefficient (Wildman–Crippen LogP) is 4.86. The molecule has 0 bridgehead atoms. The van der Waals surface area contributed by atoms with Gasteiger partial charge in [0, 0.05) is 12.4 Å². The Bertz CT molecular complexity index is 709. The summed E-state index contributed by atoms with van der Waals surface area (Å²) in [7, 11) is -2.34. The van der Waals surface area contributed by atoms with E-state index in [-0.39, 0.29) is 5.91 Å². The fraction of sp³-hybridized carbons (Fsp3) is 0.714. The normalized spacial score (nSPS) is 20.4. The van der Waals surface area contributed by atoms with Crippen molar-refractivity contribution >= 4 is 20.3 Å². The largest absolute Gasteiger partial charge is 0.443 e. The van der Waals surface area contributed by atoms with Crippen molar-refractivity contribution in [2.24, 2.45) is 0 Å². The highest BCUT2D eigenvalue weighted by atomic mass is 28.4. The number of likely N-dealkylation sites (tertiary alicyclic amines) is 1. The second-order valence-electron chi connectivity index (χ2n) is 9.60. The van der Waals surface area contributed by atoms with Crippen molar-refractivity contribution in [3.63, 3.8) is 0 Å². The maximum atomic E-state index is 13.1. The quantitative estimate of drug-likeness (QED) is 0.482. The number of amides is 2. The van der Waals surface area contributed by atoms with E-state index in [0.29, 0.717) is 22.4 Å². The smallest absolute Gasteiger partial charge is 0.417 e. The predicted molar refractivity (Wildman–Crippen MR) is 114 cm³/mol. The van der Waals surface area contributed by atoms with Gasteiger partial charge in [0.2, 0.25) is 8.32 Å². The van der Waals surface area contributed by atoms with E-state index in [0.717, 1.165) is 4.90 Å². The van der Waals surface area contributed by atoms with Gasteiger partial charge in [0.1, 0.15) is 11.6 Å². The molecule has 1 aliphatic rings. The van der Waals surface area contributed by atoms with Crippen molar-refractivity contribution in [2.45, 2.75) is 96.7 Å². The van der Waals surface area contributed by atoms with Gasteiger partial charge in [0.15, 0.2) is 11.9 Å². The summed E-state index contributed by atoms with van der Waals surface area (Å²) in [5, 5.41) is 0. The molecular weight excluding hydrogens is 386 g/mol. The van der Waals surface area contributed by atoms with Gasteiger partial charge in [-0.1, -0.05) is 41.5 Å². The van der Waals surface area contributed by atoms with Gasteiger partial charge in [-0.3, -0.25) is 4.79 Å². The number of carbonyl (C=O) groups excluding carboxylic acids is 2. The van der Waals surface area contributed by atoms with Crippen molar-refractivity contribution in [3.8, 4) is 0 Å². The molecule has 1 fully saturated rings. The minimum atomic E-state index is -2.34. The monoisotopic (exact) mass is 421 g/mol. The second kappa shape index (κ2) is 8.51. The number of hydrogen-bond donors (Lipinski definition) is 0. The average Bonchev–Trinajstić information content (AvgIpc) is 2.58. The highest BCUT2D eigenvalue weighted by Crippen LogP contribution is 2.47. The third-order valence-corrected chi connectivity index (χ3v) is 11.6. The van der Waals surface area contributed by atoms with Crippen LogP contribution >= 0.6 is 0 Å². The fourth-order valence-electron chi connectivity index (χ4n) is 4.43. The van der Waals surface area contributed by atoms with Gasteiger partial charge in [-0.15, -0.1) is 0 Å².